The smallest absolute Gasteiger partial charge is 0.338 e. The minimum Gasteiger partial charge on any atom is -0.494 e. The van der Waals surface area contributed by atoms with Crippen LogP contribution in [0.3, 0.4) is 0 Å². The highest BCUT2D eigenvalue weighted by Gasteiger charge is 2.32. The zero-order valence-corrected chi connectivity index (χ0v) is 17.1. The van der Waals surface area contributed by atoms with Gasteiger partial charge in [0.1, 0.15) is 17.7 Å². The van der Waals surface area contributed by atoms with Gasteiger partial charge in [-0.15, -0.1) is 0 Å². The number of carbonyl (C=O) groups is 1. The fourth-order valence-corrected chi connectivity index (χ4v) is 4.15. The lowest BCUT2D eigenvalue weighted by Gasteiger charge is -2.38. The molecule has 0 bridgehead atoms. The van der Waals surface area contributed by atoms with Crippen molar-refractivity contribution in [2.24, 2.45) is 0 Å². The minimum atomic E-state index is -0.335. The Bertz CT molecular complexity index is 983. The molecule has 152 valence electrons. The van der Waals surface area contributed by atoms with Gasteiger partial charge in [0.25, 0.3) is 0 Å². The second-order valence-corrected chi connectivity index (χ2v) is 8.13. The van der Waals surface area contributed by atoms with Gasteiger partial charge in [0.05, 0.1) is 35.5 Å². The fraction of sp³-hybridized carbons (Fsp3) is 0.364. The maximum absolute atomic E-state index is 13.3. The first kappa shape index (κ1) is 19.6. The van der Waals surface area contributed by atoms with Crippen LogP contribution in [-0.4, -0.2) is 36.8 Å². The molecule has 0 radical (unpaired) electrons. The van der Waals surface area contributed by atoms with Gasteiger partial charge in [0, 0.05) is 0 Å². The molecule has 4 rings (SSSR count). The van der Waals surface area contributed by atoms with E-state index >= 15 is 0 Å². The second kappa shape index (κ2) is 8.78. The molecule has 29 heavy (non-hydrogen) atoms. The fourth-order valence-electron chi connectivity index (χ4n) is 3.14. The van der Waals surface area contributed by atoms with E-state index in [1.807, 2.05) is 4.90 Å². The molecule has 7 heteroatoms. The van der Waals surface area contributed by atoms with Crippen molar-refractivity contribution in [1.29, 1.82) is 0 Å². The zero-order chi connectivity index (χ0) is 20.2. The number of unbranched alkanes of at least 4 members (excludes halogenated alkanes) is 2. The first-order valence-corrected chi connectivity index (χ1v) is 10.7. The molecule has 1 fully saturated rings. The SMILES string of the molecule is CCCCCOc1ccc(C(=O)OC2CN(c3nc4ccc(F)cc4s3)C2)cc1. The number of halogens is 1. The Kier molecular flexibility index (Phi) is 5.94. The molecule has 0 unspecified atom stereocenters. The molecule has 0 N–H and O–H groups in total. The Morgan fingerprint density at radius 3 is 2.76 bits per heavy atom. The molecule has 3 aromatic rings. The van der Waals surface area contributed by atoms with Gasteiger partial charge in [-0.3, -0.25) is 0 Å². The highest BCUT2D eigenvalue weighted by molar-refractivity contribution is 7.22. The predicted octanol–water partition coefficient (Wildman–Crippen LogP) is 5.05. The quantitative estimate of drug-likeness (QED) is 0.381. The van der Waals surface area contributed by atoms with Crippen molar-refractivity contribution >= 4 is 32.7 Å². The summed E-state index contributed by atoms with van der Waals surface area (Å²) in [5, 5.41) is 0.822. The lowest BCUT2D eigenvalue weighted by Crippen LogP contribution is -2.53. The Hall–Kier alpha value is -2.67. The highest BCUT2D eigenvalue weighted by Crippen LogP contribution is 2.32. The van der Waals surface area contributed by atoms with Crippen LogP contribution in [0.2, 0.25) is 0 Å². The van der Waals surface area contributed by atoms with Crippen LogP contribution in [0.4, 0.5) is 9.52 Å². The molecule has 1 aromatic heterocycles. The monoisotopic (exact) mass is 414 g/mol. The van der Waals surface area contributed by atoms with Crippen LogP contribution in [0.1, 0.15) is 36.5 Å². The summed E-state index contributed by atoms with van der Waals surface area (Å²) in [7, 11) is 0. The predicted molar refractivity (Wildman–Crippen MR) is 112 cm³/mol. The molecule has 0 spiro atoms. The summed E-state index contributed by atoms with van der Waals surface area (Å²) in [6, 6.07) is 11.6. The normalized spacial score (nSPS) is 14.1. The van der Waals surface area contributed by atoms with Crippen molar-refractivity contribution in [3.63, 3.8) is 0 Å². The molecular weight excluding hydrogens is 391 g/mol. The van der Waals surface area contributed by atoms with E-state index in [0.29, 0.717) is 25.3 Å². The number of rotatable bonds is 8. The van der Waals surface area contributed by atoms with Gasteiger partial charge in [-0.1, -0.05) is 31.1 Å². The zero-order valence-electron chi connectivity index (χ0n) is 16.3. The molecule has 1 saturated heterocycles. The third-order valence-corrected chi connectivity index (χ3v) is 5.92. The first-order chi connectivity index (χ1) is 14.1. The average molecular weight is 415 g/mol. The lowest BCUT2D eigenvalue weighted by molar-refractivity contribution is 0.0234. The molecule has 5 nitrogen and oxygen atoms in total. The number of thiazole rings is 1. The van der Waals surface area contributed by atoms with E-state index in [-0.39, 0.29) is 17.9 Å². The van der Waals surface area contributed by atoms with E-state index in [1.165, 1.54) is 23.5 Å². The summed E-state index contributed by atoms with van der Waals surface area (Å²) in [4.78, 5) is 18.9. The van der Waals surface area contributed by atoms with Crippen molar-refractivity contribution in [3.8, 4) is 5.75 Å². The number of fused-ring (bicyclic) bond motifs is 1. The molecular formula is C22H23FN2O3S. The van der Waals surface area contributed by atoms with Crippen LogP contribution in [0.15, 0.2) is 42.5 Å². The number of hydrogen-bond donors (Lipinski definition) is 0. The molecule has 2 heterocycles. The number of carbonyl (C=O) groups excluding carboxylic acids is 1. The average Bonchev–Trinajstić information content (AvgIpc) is 3.10. The van der Waals surface area contributed by atoms with Crippen LogP contribution in [0.25, 0.3) is 10.2 Å². The maximum Gasteiger partial charge on any atom is 0.338 e. The van der Waals surface area contributed by atoms with Crippen LogP contribution in [0, 0.1) is 5.82 Å². The summed E-state index contributed by atoms with van der Waals surface area (Å²) in [6.07, 6.45) is 3.17. The number of hydrogen-bond acceptors (Lipinski definition) is 6. The van der Waals surface area contributed by atoms with E-state index < -0.39 is 0 Å². The first-order valence-electron chi connectivity index (χ1n) is 9.87. The summed E-state index contributed by atoms with van der Waals surface area (Å²) < 4.78 is 25.4. The van der Waals surface area contributed by atoms with Crippen molar-refractivity contribution in [1.82, 2.24) is 4.98 Å². The molecule has 1 aliphatic heterocycles. The van der Waals surface area contributed by atoms with Gasteiger partial charge in [-0.2, -0.15) is 0 Å². The Labute approximate surface area is 173 Å². The van der Waals surface area contributed by atoms with Gasteiger partial charge in [-0.25, -0.2) is 14.2 Å². The van der Waals surface area contributed by atoms with Gasteiger partial charge < -0.3 is 14.4 Å². The van der Waals surface area contributed by atoms with Crippen molar-refractivity contribution in [3.05, 3.63) is 53.8 Å². The van der Waals surface area contributed by atoms with E-state index in [0.717, 1.165) is 40.4 Å². The van der Waals surface area contributed by atoms with E-state index in [1.54, 1.807) is 30.3 Å². The van der Waals surface area contributed by atoms with Gasteiger partial charge in [0.2, 0.25) is 0 Å². The van der Waals surface area contributed by atoms with Crippen LogP contribution in [-0.2, 0) is 4.74 Å². The van der Waals surface area contributed by atoms with Crippen LogP contribution < -0.4 is 9.64 Å². The van der Waals surface area contributed by atoms with Crippen molar-refractivity contribution in [2.75, 3.05) is 24.6 Å². The van der Waals surface area contributed by atoms with E-state index in [2.05, 4.69) is 11.9 Å². The maximum atomic E-state index is 13.3. The van der Waals surface area contributed by atoms with Crippen molar-refractivity contribution in [2.45, 2.75) is 32.3 Å². The summed E-state index contributed by atoms with van der Waals surface area (Å²) in [5.41, 5.74) is 1.30. The molecule has 0 saturated carbocycles. The third-order valence-electron chi connectivity index (χ3n) is 4.84. The topological polar surface area (TPSA) is 51.7 Å². The standard InChI is InChI=1S/C22H23FN2O3S/c1-2-3-4-11-27-17-8-5-15(6-9-17)21(26)28-18-13-25(14-18)22-24-19-10-7-16(23)12-20(19)29-22/h5-10,12,18H,2-4,11,13-14H2,1H3. The highest BCUT2D eigenvalue weighted by atomic mass is 32.1. The summed E-state index contributed by atoms with van der Waals surface area (Å²) in [5.74, 6) is 0.166. The van der Waals surface area contributed by atoms with Gasteiger partial charge in [0.15, 0.2) is 5.13 Å². The third kappa shape index (κ3) is 4.67. The summed E-state index contributed by atoms with van der Waals surface area (Å²) >= 11 is 1.44. The van der Waals surface area contributed by atoms with Gasteiger partial charge >= 0.3 is 5.97 Å². The van der Waals surface area contributed by atoms with Crippen molar-refractivity contribution < 1.29 is 18.7 Å². The molecule has 2 aromatic carbocycles. The minimum absolute atomic E-state index is 0.170. The molecule has 0 amide bonds. The van der Waals surface area contributed by atoms with Crippen LogP contribution >= 0.6 is 11.3 Å². The van der Waals surface area contributed by atoms with Crippen LogP contribution in [0.5, 0.6) is 5.75 Å². The molecule has 0 atom stereocenters. The summed E-state index contributed by atoms with van der Waals surface area (Å²) in [6.45, 7) is 4.02. The Balaban J connectivity index is 1.26. The number of benzene rings is 2. The second-order valence-electron chi connectivity index (χ2n) is 7.12. The van der Waals surface area contributed by atoms with Gasteiger partial charge in [-0.05, 0) is 48.9 Å². The number of aromatic nitrogens is 1. The Morgan fingerprint density at radius 1 is 1.21 bits per heavy atom. The van der Waals surface area contributed by atoms with E-state index in [9.17, 15) is 9.18 Å². The molecule has 1 aliphatic rings. The Morgan fingerprint density at radius 2 is 2.00 bits per heavy atom. The van der Waals surface area contributed by atoms with E-state index in [4.69, 9.17) is 9.47 Å². The largest absolute Gasteiger partial charge is 0.494 e. The molecule has 0 aliphatic carbocycles. The lowest BCUT2D eigenvalue weighted by atomic mass is 10.1. The number of anilines is 1. The number of ether oxygens (including phenoxy) is 2. The number of nitrogens with zero attached hydrogens (tertiary/aromatic N) is 2. The number of esters is 1.